The van der Waals surface area contributed by atoms with E-state index in [1.54, 1.807) is 24.3 Å². The van der Waals surface area contributed by atoms with Gasteiger partial charge in [-0.2, -0.15) is 18.2 Å². The summed E-state index contributed by atoms with van der Waals surface area (Å²) in [4.78, 5) is 6.45. The monoisotopic (exact) mass is 466 g/mol. The molecular weight excluding hydrogens is 448 g/mol. The summed E-state index contributed by atoms with van der Waals surface area (Å²) in [7, 11) is 0. The van der Waals surface area contributed by atoms with Crippen LogP contribution in [0.2, 0.25) is 0 Å². The van der Waals surface area contributed by atoms with Crippen molar-refractivity contribution in [3.8, 4) is 11.8 Å². The number of alkyl halides is 3. The van der Waals surface area contributed by atoms with Crippen molar-refractivity contribution in [2.45, 2.75) is 31.9 Å². The highest BCUT2D eigenvalue weighted by molar-refractivity contribution is 5.95. The largest absolute Gasteiger partial charge is 0.405 e. The summed E-state index contributed by atoms with van der Waals surface area (Å²) >= 11 is 0. The van der Waals surface area contributed by atoms with Gasteiger partial charge in [0.25, 0.3) is 5.78 Å². The van der Waals surface area contributed by atoms with Gasteiger partial charge >= 0.3 is 6.18 Å². The molecule has 1 fully saturated rings. The topological polar surface area (TPSA) is 72.3 Å². The molecule has 1 saturated carbocycles. The fourth-order valence-electron chi connectivity index (χ4n) is 4.61. The Morgan fingerprint density at radius 3 is 2.62 bits per heavy atom. The lowest BCUT2D eigenvalue weighted by molar-refractivity contribution is -0.168. The average molecular weight is 466 g/mol. The molecule has 2 aliphatic rings. The van der Waals surface area contributed by atoms with Crippen LogP contribution in [0.4, 0.5) is 35.0 Å². The fourth-order valence-corrected chi connectivity index (χ4v) is 4.61. The third-order valence-electron chi connectivity index (χ3n) is 6.57. The summed E-state index contributed by atoms with van der Waals surface area (Å²) in [5.41, 5.74) is 6.63. The van der Waals surface area contributed by atoms with E-state index in [0.717, 1.165) is 11.3 Å². The van der Waals surface area contributed by atoms with Crippen LogP contribution in [0, 0.1) is 23.1 Å². The maximum Gasteiger partial charge on any atom is 0.405 e. The SMILES string of the molecule is Nc1nnc2nc(N3CCCc4c(C#CC5(C(F)(F)F)CC5)cccc43)c3c(F)cccc3n12. The molecule has 34 heavy (non-hydrogen) atoms. The van der Waals surface area contributed by atoms with Crippen molar-refractivity contribution in [1.29, 1.82) is 0 Å². The molecule has 4 aromatic rings. The summed E-state index contributed by atoms with van der Waals surface area (Å²) in [6.07, 6.45) is -2.93. The van der Waals surface area contributed by atoms with Gasteiger partial charge in [0.2, 0.25) is 5.95 Å². The van der Waals surface area contributed by atoms with Gasteiger partial charge in [0.05, 0.1) is 10.9 Å². The summed E-state index contributed by atoms with van der Waals surface area (Å²) in [6.45, 7) is 0.548. The van der Waals surface area contributed by atoms with Crippen molar-refractivity contribution >= 4 is 34.1 Å². The number of benzene rings is 2. The molecule has 1 aliphatic carbocycles. The molecule has 0 saturated heterocycles. The predicted octanol–water partition coefficient (Wildman–Crippen LogP) is 4.78. The van der Waals surface area contributed by atoms with Gasteiger partial charge in [-0.25, -0.2) is 8.79 Å². The van der Waals surface area contributed by atoms with Crippen LogP contribution in [-0.4, -0.2) is 32.3 Å². The number of anilines is 3. The number of hydrogen-bond donors (Lipinski definition) is 1. The molecule has 2 aromatic heterocycles. The third kappa shape index (κ3) is 3.00. The van der Waals surface area contributed by atoms with Crippen molar-refractivity contribution in [3.63, 3.8) is 0 Å². The summed E-state index contributed by atoms with van der Waals surface area (Å²) in [5, 5.41) is 8.15. The number of nitrogens with zero attached hydrogens (tertiary/aromatic N) is 5. The number of nitrogens with two attached hydrogens (primary N) is 1. The predicted molar refractivity (Wildman–Crippen MR) is 119 cm³/mol. The Hall–Kier alpha value is -3.87. The Morgan fingerprint density at radius 2 is 1.85 bits per heavy atom. The molecule has 0 spiro atoms. The lowest BCUT2D eigenvalue weighted by Crippen LogP contribution is -2.27. The van der Waals surface area contributed by atoms with Crippen LogP contribution in [0.25, 0.3) is 16.7 Å². The van der Waals surface area contributed by atoms with Gasteiger partial charge < -0.3 is 10.6 Å². The zero-order valence-electron chi connectivity index (χ0n) is 17.8. The summed E-state index contributed by atoms with van der Waals surface area (Å²) in [5.74, 6) is 5.50. The Labute approximate surface area is 191 Å². The van der Waals surface area contributed by atoms with E-state index in [0.29, 0.717) is 36.3 Å². The van der Waals surface area contributed by atoms with Crippen LogP contribution in [0.3, 0.4) is 0 Å². The van der Waals surface area contributed by atoms with Gasteiger partial charge in [0.1, 0.15) is 17.1 Å². The van der Waals surface area contributed by atoms with E-state index in [-0.39, 0.29) is 30.0 Å². The standard InChI is InChI=1S/C24H18F4N6/c25-16-6-2-8-18-19(16)20(30-22-32-31-21(29)34(18)22)33-13-3-5-15-14(4-1-7-17(15)33)9-10-23(11-12-23)24(26,27)28/h1-2,4,6-8H,3,5,11-13H2,(H2,29,31). The highest BCUT2D eigenvalue weighted by Gasteiger charge is 2.62. The second-order valence-electron chi connectivity index (χ2n) is 8.65. The second kappa shape index (κ2) is 7.06. The Kier molecular flexibility index (Phi) is 4.30. The van der Waals surface area contributed by atoms with Crippen LogP contribution < -0.4 is 10.6 Å². The van der Waals surface area contributed by atoms with E-state index >= 15 is 4.39 Å². The molecular formula is C24H18F4N6. The Bertz CT molecular complexity index is 1520. The first-order valence-electron chi connectivity index (χ1n) is 10.9. The van der Waals surface area contributed by atoms with E-state index < -0.39 is 17.4 Å². The molecule has 3 heterocycles. The second-order valence-corrected chi connectivity index (χ2v) is 8.65. The number of rotatable bonds is 1. The van der Waals surface area contributed by atoms with Crippen molar-refractivity contribution in [2.24, 2.45) is 5.41 Å². The molecule has 0 bridgehead atoms. The average Bonchev–Trinajstić information content (AvgIpc) is 3.53. The van der Waals surface area contributed by atoms with E-state index in [9.17, 15) is 13.2 Å². The highest BCUT2D eigenvalue weighted by Crippen LogP contribution is 2.57. The van der Waals surface area contributed by atoms with E-state index in [1.807, 2.05) is 11.0 Å². The maximum absolute atomic E-state index is 15.1. The molecule has 6 rings (SSSR count). The quantitative estimate of drug-likeness (QED) is 0.323. The zero-order valence-corrected chi connectivity index (χ0v) is 17.8. The van der Waals surface area contributed by atoms with Crippen molar-refractivity contribution < 1.29 is 17.6 Å². The number of fused-ring (bicyclic) bond motifs is 4. The molecule has 0 radical (unpaired) electrons. The first-order chi connectivity index (χ1) is 16.3. The number of nitrogen functional groups attached to an aromatic ring is 1. The van der Waals surface area contributed by atoms with Gasteiger partial charge in [-0.1, -0.05) is 24.0 Å². The van der Waals surface area contributed by atoms with Gasteiger partial charge in [-0.05, 0) is 55.5 Å². The molecule has 0 amide bonds. The first kappa shape index (κ1) is 20.7. The molecule has 172 valence electrons. The normalized spacial score (nSPS) is 16.9. The molecule has 1 aliphatic heterocycles. The minimum Gasteiger partial charge on any atom is -0.368 e. The Balaban J connectivity index is 1.52. The van der Waals surface area contributed by atoms with E-state index in [4.69, 9.17) is 5.73 Å². The van der Waals surface area contributed by atoms with Crippen molar-refractivity contribution in [3.05, 3.63) is 53.3 Å². The van der Waals surface area contributed by atoms with Crippen molar-refractivity contribution in [1.82, 2.24) is 19.6 Å². The van der Waals surface area contributed by atoms with Crippen LogP contribution >= 0.6 is 0 Å². The number of halogens is 4. The van der Waals surface area contributed by atoms with E-state index in [1.165, 1.54) is 10.5 Å². The van der Waals surface area contributed by atoms with Crippen LogP contribution in [0.15, 0.2) is 36.4 Å². The lowest BCUT2D eigenvalue weighted by atomic mass is 9.95. The third-order valence-corrected chi connectivity index (χ3v) is 6.57. The smallest absolute Gasteiger partial charge is 0.368 e. The molecule has 0 unspecified atom stereocenters. The van der Waals surface area contributed by atoms with Crippen LogP contribution in [-0.2, 0) is 6.42 Å². The van der Waals surface area contributed by atoms with Crippen LogP contribution in [0.1, 0.15) is 30.4 Å². The lowest BCUT2D eigenvalue weighted by Gasteiger charge is -2.32. The fraction of sp³-hybridized carbons (Fsp3) is 0.292. The van der Waals surface area contributed by atoms with Crippen LogP contribution in [0.5, 0.6) is 0 Å². The molecule has 6 nitrogen and oxygen atoms in total. The molecule has 2 N–H and O–H groups in total. The van der Waals surface area contributed by atoms with E-state index in [2.05, 4.69) is 27.0 Å². The molecule has 0 atom stereocenters. The first-order valence-corrected chi connectivity index (χ1v) is 10.9. The molecule has 2 aromatic carbocycles. The minimum absolute atomic E-state index is 0.0291. The summed E-state index contributed by atoms with van der Waals surface area (Å²) < 4.78 is 56.7. The van der Waals surface area contributed by atoms with Gasteiger partial charge in [0, 0.05) is 17.8 Å². The highest BCUT2D eigenvalue weighted by atomic mass is 19.4. The van der Waals surface area contributed by atoms with Gasteiger partial charge in [-0.15, -0.1) is 10.2 Å². The summed E-state index contributed by atoms with van der Waals surface area (Å²) in [6, 6.07) is 9.98. The maximum atomic E-state index is 15.1. The van der Waals surface area contributed by atoms with Crippen molar-refractivity contribution in [2.75, 3.05) is 17.2 Å². The Morgan fingerprint density at radius 1 is 1.06 bits per heavy atom. The van der Waals surface area contributed by atoms with Gasteiger partial charge in [-0.3, -0.25) is 0 Å². The minimum atomic E-state index is -4.34. The molecule has 10 heteroatoms. The van der Waals surface area contributed by atoms with Gasteiger partial charge in [0.15, 0.2) is 0 Å². The number of hydrogen-bond acceptors (Lipinski definition) is 5. The number of aromatic nitrogens is 4. The zero-order chi connectivity index (χ0) is 23.7.